The lowest BCUT2D eigenvalue weighted by Gasteiger charge is -2.09. The molecule has 0 aliphatic carbocycles. The molecule has 2 aromatic carbocycles. The van der Waals surface area contributed by atoms with Crippen LogP contribution in [0.15, 0.2) is 42.5 Å². The Morgan fingerprint density at radius 3 is 2.08 bits per heavy atom. The molecule has 24 heavy (non-hydrogen) atoms. The van der Waals surface area contributed by atoms with Crippen molar-refractivity contribution in [3.8, 4) is 5.75 Å². The summed E-state index contributed by atoms with van der Waals surface area (Å²) in [5.41, 5.74) is -0.746. The molecule has 0 unspecified atom stereocenters. The molecular formula is C15H10F4N2O3. The van der Waals surface area contributed by atoms with Gasteiger partial charge in [-0.05, 0) is 36.4 Å². The van der Waals surface area contributed by atoms with Crippen LogP contribution in [0, 0.1) is 11.6 Å². The molecule has 0 radical (unpaired) electrons. The van der Waals surface area contributed by atoms with Crippen molar-refractivity contribution in [1.29, 1.82) is 0 Å². The smallest absolute Gasteiger partial charge is 0.387 e. The molecule has 0 saturated heterocycles. The van der Waals surface area contributed by atoms with Crippen LogP contribution in [0.5, 0.6) is 5.75 Å². The van der Waals surface area contributed by atoms with Gasteiger partial charge < -0.3 is 10.1 Å². The van der Waals surface area contributed by atoms with Crippen LogP contribution in [-0.4, -0.2) is 18.5 Å². The molecule has 0 spiro atoms. The van der Waals surface area contributed by atoms with Crippen LogP contribution in [-0.2, 0) is 0 Å². The Labute approximate surface area is 133 Å². The van der Waals surface area contributed by atoms with Gasteiger partial charge >= 0.3 is 12.6 Å². The predicted octanol–water partition coefficient (Wildman–Crippen LogP) is 3.53. The second kappa shape index (κ2) is 7.44. The number of nitrogens with one attached hydrogen (secondary N) is 2. The molecule has 2 rings (SSSR count). The summed E-state index contributed by atoms with van der Waals surface area (Å²) in [6.07, 6.45) is 0. The number of carbonyl (C=O) groups is 2. The van der Waals surface area contributed by atoms with Crippen LogP contribution in [0.25, 0.3) is 0 Å². The standard InChI is InChI=1S/C15H10F4N2O3/c16-10-2-1-3-11(17)12(10)13(22)21-15(23)20-8-4-6-9(7-5-8)24-14(18)19/h1-7,14H,(H2,20,21,22,23). The number of amides is 3. The second-order valence-electron chi connectivity index (χ2n) is 4.41. The number of halogens is 4. The summed E-state index contributed by atoms with van der Waals surface area (Å²) >= 11 is 0. The van der Waals surface area contributed by atoms with E-state index in [2.05, 4.69) is 10.1 Å². The highest BCUT2D eigenvalue weighted by atomic mass is 19.3. The number of rotatable bonds is 4. The van der Waals surface area contributed by atoms with E-state index in [0.717, 1.165) is 18.2 Å². The Kier molecular flexibility index (Phi) is 5.35. The van der Waals surface area contributed by atoms with Gasteiger partial charge in [0.1, 0.15) is 22.9 Å². The minimum Gasteiger partial charge on any atom is -0.435 e. The predicted molar refractivity (Wildman–Crippen MR) is 75.9 cm³/mol. The zero-order valence-corrected chi connectivity index (χ0v) is 11.9. The molecule has 0 aliphatic heterocycles. The first kappa shape index (κ1) is 17.3. The van der Waals surface area contributed by atoms with Gasteiger partial charge in [-0.3, -0.25) is 10.1 Å². The highest BCUT2D eigenvalue weighted by Crippen LogP contribution is 2.17. The molecule has 3 amide bonds. The van der Waals surface area contributed by atoms with E-state index < -0.39 is 35.7 Å². The van der Waals surface area contributed by atoms with Crippen molar-refractivity contribution in [3.63, 3.8) is 0 Å². The van der Waals surface area contributed by atoms with Crippen molar-refractivity contribution in [3.05, 3.63) is 59.7 Å². The van der Waals surface area contributed by atoms with E-state index in [1.165, 1.54) is 24.3 Å². The molecule has 2 aromatic rings. The van der Waals surface area contributed by atoms with Gasteiger partial charge in [-0.2, -0.15) is 8.78 Å². The van der Waals surface area contributed by atoms with Crippen molar-refractivity contribution in [2.45, 2.75) is 6.61 Å². The zero-order valence-electron chi connectivity index (χ0n) is 11.9. The van der Waals surface area contributed by atoms with Gasteiger partial charge in [0.25, 0.3) is 5.91 Å². The van der Waals surface area contributed by atoms with E-state index in [0.29, 0.717) is 0 Å². The highest BCUT2D eigenvalue weighted by molar-refractivity contribution is 6.08. The first-order valence-corrected chi connectivity index (χ1v) is 6.48. The lowest BCUT2D eigenvalue weighted by Crippen LogP contribution is -2.35. The summed E-state index contributed by atoms with van der Waals surface area (Å²) in [4.78, 5) is 23.3. The molecule has 126 valence electrons. The first-order valence-electron chi connectivity index (χ1n) is 6.48. The second-order valence-corrected chi connectivity index (χ2v) is 4.41. The number of hydrogen-bond acceptors (Lipinski definition) is 3. The van der Waals surface area contributed by atoms with E-state index in [9.17, 15) is 27.2 Å². The van der Waals surface area contributed by atoms with Gasteiger partial charge in [0.15, 0.2) is 0 Å². The number of anilines is 1. The van der Waals surface area contributed by atoms with Crippen LogP contribution in [0.3, 0.4) is 0 Å². The van der Waals surface area contributed by atoms with Gasteiger partial charge in [-0.1, -0.05) is 6.07 Å². The fraction of sp³-hybridized carbons (Fsp3) is 0.0667. The molecule has 0 saturated carbocycles. The fourth-order valence-electron chi connectivity index (χ4n) is 1.76. The van der Waals surface area contributed by atoms with E-state index >= 15 is 0 Å². The number of ether oxygens (including phenoxy) is 1. The summed E-state index contributed by atoms with van der Waals surface area (Å²) in [5, 5.41) is 3.96. The number of benzene rings is 2. The third-order valence-electron chi connectivity index (χ3n) is 2.75. The summed E-state index contributed by atoms with van der Waals surface area (Å²) in [6, 6.07) is 6.59. The minimum atomic E-state index is -2.99. The normalized spacial score (nSPS) is 10.4. The van der Waals surface area contributed by atoms with Crippen molar-refractivity contribution in [2.24, 2.45) is 0 Å². The number of hydrogen-bond donors (Lipinski definition) is 2. The van der Waals surface area contributed by atoms with E-state index in [1.807, 2.05) is 0 Å². The number of urea groups is 1. The van der Waals surface area contributed by atoms with E-state index in [4.69, 9.17) is 0 Å². The Morgan fingerprint density at radius 1 is 0.958 bits per heavy atom. The molecule has 9 heteroatoms. The molecule has 0 atom stereocenters. The quantitative estimate of drug-likeness (QED) is 0.836. The van der Waals surface area contributed by atoms with Crippen LogP contribution < -0.4 is 15.4 Å². The molecule has 2 N–H and O–H groups in total. The largest absolute Gasteiger partial charge is 0.435 e. The Balaban J connectivity index is 1.99. The van der Waals surface area contributed by atoms with Crippen LogP contribution >= 0.6 is 0 Å². The number of alkyl halides is 2. The average Bonchev–Trinajstić information content (AvgIpc) is 2.48. The van der Waals surface area contributed by atoms with E-state index in [1.54, 1.807) is 5.32 Å². The van der Waals surface area contributed by atoms with Crippen LogP contribution in [0.1, 0.15) is 10.4 Å². The lowest BCUT2D eigenvalue weighted by atomic mass is 10.2. The topological polar surface area (TPSA) is 67.4 Å². The maximum atomic E-state index is 13.4. The Morgan fingerprint density at radius 2 is 1.54 bits per heavy atom. The van der Waals surface area contributed by atoms with Gasteiger partial charge in [-0.15, -0.1) is 0 Å². The summed E-state index contributed by atoms with van der Waals surface area (Å²) in [7, 11) is 0. The molecule has 0 bridgehead atoms. The third-order valence-corrected chi connectivity index (χ3v) is 2.75. The first-order chi connectivity index (χ1) is 11.4. The van der Waals surface area contributed by atoms with E-state index in [-0.39, 0.29) is 11.4 Å². The van der Waals surface area contributed by atoms with Crippen molar-refractivity contribution in [1.82, 2.24) is 5.32 Å². The fourth-order valence-corrected chi connectivity index (χ4v) is 1.76. The molecule has 0 aromatic heterocycles. The van der Waals surface area contributed by atoms with Gasteiger partial charge in [0.05, 0.1) is 0 Å². The van der Waals surface area contributed by atoms with Crippen LogP contribution in [0.2, 0.25) is 0 Å². The lowest BCUT2D eigenvalue weighted by molar-refractivity contribution is -0.0498. The molecule has 0 fully saturated rings. The maximum absolute atomic E-state index is 13.4. The molecular weight excluding hydrogens is 332 g/mol. The van der Waals surface area contributed by atoms with Gasteiger partial charge in [0, 0.05) is 5.69 Å². The van der Waals surface area contributed by atoms with Crippen LogP contribution in [0.4, 0.5) is 28.0 Å². The SMILES string of the molecule is O=C(NC(=O)c1c(F)cccc1F)Nc1ccc(OC(F)F)cc1. The Hall–Kier alpha value is -3.10. The van der Waals surface area contributed by atoms with Gasteiger partial charge in [-0.25, -0.2) is 13.6 Å². The summed E-state index contributed by atoms with van der Waals surface area (Å²) < 4.78 is 55.0. The zero-order chi connectivity index (χ0) is 17.7. The monoisotopic (exact) mass is 342 g/mol. The molecule has 0 aliphatic rings. The van der Waals surface area contributed by atoms with Crippen molar-refractivity contribution >= 4 is 17.6 Å². The highest BCUT2D eigenvalue weighted by Gasteiger charge is 2.19. The molecule has 5 nitrogen and oxygen atoms in total. The molecule has 0 heterocycles. The Bertz CT molecular complexity index is 731. The average molecular weight is 342 g/mol. The van der Waals surface area contributed by atoms with Crippen molar-refractivity contribution < 1.29 is 31.9 Å². The number of imide groups is 1. The van der Waals surface area contributed by atoms with Gasteiger partial charge in [0.2, 0.25) is 0 Å². The van der Waals surface area contributed by atoms with Crippen molar-refractivity contribution in [2.75, 3.05) is 5.32 Å². The summed E-state index contributed by atoms with van der Waals surface area (Å²) in [5.74, 6) is -3.62. The third kappa shape index (κ3) is 4.45. The maximum Gasteiger partial charge on any atom is 0.387 e. The summed E-state index contributed by atoms with van der Waals surface area (Å²) in [6.45, 7) is -2.99. The minimum absolute atomic E-state index is 0.125. The number of carbonyl (C=O) groups excluding carboxylic acids is 2.